The molecule has 1 heterocycles. The van der Waals surface area contributed by atoms with Crippen molar-refractivity contribution in [1.29, 1.82) is 0 Å². The Morgan fingerprint density at radius 2 is 2.06 bits per heavy atom. The molecule has 1 rings (SSSR count). The predicted octanol–water partition coefficient (Wildman–Crippen LogP) is 2.13. The van der Waals surface area contributed by atoms with Gasteiger partial charge in [-0.3, -0.25) is 4.98 Å². The lowest BCUT2D eigenvalue weighted by Gasteiger charge is -2.12. The average Bonchev–Trinajstić information content (AvgIpc) is 2.35. The van der Waals surface area contributed by atoms with E-state index < -0.39 is 0 Å². The molecule has 18 heavy (non-hydrogen) atoms. The Morgan fingerprint density at radius 1 is 1.28 bits per heavy atom. The molecule has 0 aliphatic heterocycles. The minimum absolute atomic E-state index is 0.0964. The summed E-state index contributed by atoms with van der Waals surface area (Å²) >= 11 is 0. The summed E-state index contributed by atoms with van der Waals surface area (Å²) in [6, 6.07) is 4.58. The van der Waals surface area contributed by atoms with E-state index in [1.165, 1.54) is 5.56 Å². The molecule has 0 aromatic carbocycles. The monoisotopic (exact) mass is 252 g/mol. The quantitative estimate of drug-likeness (QED) is 0.769. The van der Waals surface area contributed by atoms with Gasteiger partial charge in [0, 0.05) is 25.9 Å². The minimum Gasteiger partial charge on any atom is -0.382 e. The van der Waals surface area contributed by atoms with Crippen molar-refractivity contribution in [2.24, 2.45) is 0 Å². The van der Waals surface area contributed by atoms with Crippen LogP contribution in [0.25, 0.3) is 0 Å². The fourth-order valence-electron chi connectivity index (χ4n) is 1.48. The summed E-state index contributed by atoms with van der Waals surface area (Å²) in [5.74, 6) is 0. The second kappa shape index (κ2) is 8.19. The first-order chi connectivity index (χ1) is 8.61. The van der Waals surface area contributed by atoms with Crippen molar-refractivity contribution < 1.29 is 9.47 Å². The number of aromatic nitrogens is 1. The van der Waals surface area contributed by atoms with Crippen LogP contribution < -0.4 is 5.32 Å². The van der Waals surface area contributed by atoms with E-state index in [0.29, 0.717) is 19.3 Å². The fourth-order valence-corrected chi connectivity index (χ4v) is 1.48. The van der Waals surface area contributed by atoms with Gasteiger partial charge in [0.05, 0.1) is 25.0 Å². The maximum absolute atomic E-state index is 5.60. The van der Waals surface area contributed by atoms with Crippen LogP contribution in [0.2, 0.25) is 0 Å². The van der Waals surface area contributed by atoms with E-state index in [4.69, 9.17) is 9.47 Å². The van der Waals surface area contributed by atoms with Crippen LogP contribution in [0.5, 0.6) is 0 Å². The smallest absolute Gasteiger partial charge is 0.0892 e. The molecule has 1 aromatic rings. The molecule has 1 N–H and O–H groups in total. The summed E-state index contributed by atoms with van der Waals surface area (Å²) in [5.41, 5.74) is 2.14. The van der Waals surface area contributed by atoms with Gasteiger partial charge in [-0.1, -0.05) is 19.9 Å². The van der Waals surface area contributed by atoms with Crippen LogP contribution >= 0.6 is 0 Å². The second-order valence-corrected chi connectivity index (χ2v) is 4.77. The Labute approximate surface area is 110 Å². The van der Waals surface area contributed by atoms with E-state index in [1.54, 1.807) is 7.11 Å². The van der Waals surface area contributed by atoms with E-state index in [1.807, 2.05) is 19.2 Å². The molecule has 0 aliphatic rings. The van der Waals surface area contributed by atoms with Crippen molar-refractivity contribution in [3.8, 4) is 0 Å². The summed E-state index contributed by atoms with van der Waals surface area (Å²) < 4.78 is 10.6. The zero-order valence-electron chi connectivity index (χ0n) is 11.8. The number of pyridine rings is 1. The summed E-state index contributed by atoms with van der Waals surface area (Å²) in [4.78, 5) is 4.38. The molecular formula is C14H24N2O2. The van der Waals surface area contributed by atoms with Gasteiger partial charge in [-0.05, 0) is 18.6 Å². The molecule has 1 aromatic heterocycles. The van der Waals surface area contributed by atoms with Crippen LogP contribution in [-0.4, -0.2) is 30.8 Å². The number of rotatable bonds is 8. The Morgan fingerprint density at radius 3 is 2.61 bits per heavy atom. The van der Waals surface area contributed by atoms with E-state index in [0.717, 1.165) is 12.2 Å². The number of hydrogen-bond donors (Lipinski definition) is 1. The van der Waals surface area contributed by atoms with Gasteiger partial charge in [0.2, 0.25) is 0 Å². The van der Waals surface area contributed by atoms with E-state index in [-0.39, 0.29) is 6.10 Å². The number of methoxy groups -OCH3 is 1. The third kappa shape index (κ3) is 6.10. The Hall–Kier alpha value is -0.970. The van der Waals surface area contributed by atoms with Crippen LogP contribution in [0.4, 0.5) is 0 Å². The third-order valence-electron chi connectivity index (χ3n) is 2.52. The summed E-state index contributed by atoms with van der Waals surface area (Å²) in [5, 5.41) is 3.36. The van der Waals surface area contributed by atoms with E-state index in [9.17, 15) is 0 Å². The number of nitrogens with zero attached hydrogens (tertiary/aromatic N) is 1. The predicted molar refractivity (Wildman–Crippen MR) is 72.3 cm³/mol. The Balaban J connectivity index is 2.35. The highest BCUT2D eigenvalue weighted by molar-refractivity contribution is 5.13. The molecule has 0 aliphatic carbocycles. The van der Waals surface area contributed by atoms with E-state index >= 15 is 0 Å². The molecule has 0 saturated carbocycles. The number of nitrogens with one attached hydrogen (secondary N) is 1. The highest BCUT2D eigenvalue weighted by Gasteiger charge is 2.03. The van der Waals surface area contributed by atoms with Crippen molar-refractivity contribution in [2.45, 2.75) is 46.1 Å². The zero-order valence-corrected chi connectivity index (χ0v) is 11.8. The van der Waals surface area contributed by atoms with Crippen LogP contribution in [0, 0.1) is 0 Å². The van der Waals surface area contributed by atoms with Gasteiger partial charge in [-0.15, -0.1) is 0 Å². The van der Waals surface area contributed by atoms with Crippen LogP contribution in [0.3, 0.4) is 0 Å². The molecule has 102 valence electrons. The van der Waals surface area contributed by atoms with Gasteiger partial charge in [0.15, 0.2) is 0 Å². The van der Waals surface area contributed by atoms with Crippen LogP contribution in [0.15, 0.2) is 18.3 Å². The minimum atomic E-state index is 0.0964. The van der Waals surface area contributed by atoms with E-state index in [2.05, 4.69) is 30.2 Å². The van der Waals surface area contributed by atoms with Crippen molar-refractivity contribution in [3.05, 3.63) is 29.6 Å². The normalized spacial score (nSPS) is 12.9. The molecular weight excluding hydrogens is 228 g/mol. The number of ether oxygens (including phenoxy) is 2. The zero-order chi connectivity index (χ0) is 13.4. The van der Waals surface area contributed by atoms with Crippen molar-refractivity contribution in [3.63, 3.8) is 0 Å². The van der Waals surface area contributed by atoms with Gasteiger partial charge in [0.25, 0.3) is 0 Å². The lowest BCUT2D eigenvalue weighted by Crippen LogP contribution is -2.21. The SMILES string of the molecule is COCC(C)OCc1ccc(CNC(C)C)cn1. The van der Waals surface area contributed by atoms with Gasteiger partial charge < -0.3 is 14.8 Å². The van der Waals surface area contributed by atoms with Gasteiger partial charge in [-0.2, -0.15) is 0 Å². The Bertz CT molecular complexity index is 325. The molecule has 0 bridgehead atoms. The van der Waals surface area contributed by atoms with Crippen LogP contribution in [-0.2, 0) is 22.6 Å². The second-order valence-electron chi connectivity index (χ2n) is 4.77. The summed E-state index contributed by atoms with van der Waals surface area (Å²) in [6.45, 7) is 8.24. The molecule has 0 amide bonds. The first-order valence-electron chi connectivity index (χ1n) is 6.39. The van der Waals surface area contributed by atoms with Gasteiger partial charge >= 0.3 is 0 Å². The van der Waals surface area contributed by atoms with Gasteiger partial charge in [0.1, 0.15) is 0 Å². The number of hydrogen-bond acceptors (Lipinski definition) is 4. The molecule has 4 nitrogen and oxygen atoms in total. The molecule has 1 atom stereocenters. The lowest BCUT2D eigenvalue weighted by molar-refractivity contribution is -0.00137. The summed E-state index contributed by atoms with van der Waals surface area (Å²) in [6.07, 6.45) is 1.99. The standard InChI is InChI=1S/C14H24N2O2/c1-11(2)15-7-13-5-6-14(16-8-13)10-18-12(3)9-17-4/h5-6,8,11-12,15H,7,9-10H2,1-4H3. The summed E-state index contributed by atoms with van der Waals surface area (Å²) in [7, 11) is 1.68. The van der Waals surface area contributed by atoms with Crippen molar-refractivity contribution in [1.82, 2.24) is 10.3 Å². The first kappa shape index (κ1) is 15.1. The highest BCUT2D eigenvalue weighted by atomic mass is 16.5. The Kier molecular flexibility index (Phi) is 6.86. The molecule has 0 saturated heterocycles. The third-order valence-corrected chi connectivity index (χ3v) is 2.52. The molecule has 0 spiro atoms. The lowest BCUT2D eigenvalue weighted by atomic mass is 10.2. The van der Waals surface area contributed by atoms with Crippen molar-refractivity contribution >= 4 is 0 Å². The molecule has 0 fully saturated rings. The first-order valence-corrected chi connectivity index (χ1v) is 6.39. The molecule has 1 unspecified atom stereocenters. The molecule has 4 heteroatoms. The maximum atomic E-state index is 5.60. The highest BCUT2D eigenvalue weighted by Crippen LogP contribution is 2.04. The topological polar surface area (TPSA) is 43.4 Å². The van der Waals surface area contributed by atoms with Crippen molar-refractivity contribution in [2.75, 3.05) is 13.7 Å². The largest absolute Gasteiger partial charge is 0.382 e. The van der Waals surface area contributed by atoms with Crippen LogP contribution in [0.1, 0.15) is 32.0 Å². The van der Waals surface area contributed by atoms with Gasteiger partial charge in [-0.25, -0.2) is 0 Å². The maximum Gasteiger partial charge on any atom is 0.0892 e. The average molecular weight is 252 g/mol. The fraction of sp³-hybridized carbons (Fsp3) is 0.643. The molecule has 0 radical (unpaired) electrons.